The van der Waals surface area contributed by atoms with Crippen LogP contribution >= 0.6 is 11.6 Å². The molecule has 0 aliphatic carbocycles. The molecule has 2 rings (SSSR count). The summed E-state index contributed by atoms with van der Waals surface area (Å²) >= 11 is 5.62. The van der Waals surface area contributed by atoms with Crippen LogP contribution in [0.1, 0.15) is 22.8 Å². The van der Waals surface area contributed by atoms with Crippen LogP contribution in [0.25, 0.3) is 0 Å². The predicted molar refractivity (Wildman–Crippen MR) is 106 cm³/mol. The number of ether oxygens (including phenoxy) is 2. The minimum atomic E-state index is -4.63. The molecule has 5 nitrogen and oxygen atoms in total. The summed E-state index contributed by atoms with van der Waals surface area (Å²) in [5.74, 6) is 0.193. The largest absolute Gasteiger partial charge is 0.494 e. The maximum atomic E-state index is 13.0. The van der Waals surface area contributed by atoms with E-state index in [1.165, 1.54) is 12.1 Å². The van der Waals surface area contributed by atoms with E-state index in [0.29, 0.717) is 25.5 Å². The maximum Gasteiger partial charge on any atom is 0.417 e. The first kappa shape index (κ1) is 22.8. The molecule has 0 saturated heterocycles. The Labute approximate surface area is 172 Å². The van der Waals surface area contributed by atoms with Gasteiger partial charge < -0.3 is 19.7 Å². The molecule has 0 unspecified atom stereocenters. The summed E-state index contributed by atoms with van der Waals surface area (Å²) in [7, 11) is 3.76. The average molecular weight is 431 g/mol. The van der Waals surface area contributed by atoms with Crippen molar-refractivity contribution in [2.45, 2.75) is 13.1 Å². The van der Waals surface area contributed by atoms with E-state index in [9.17, 15) is 18.0 Å². The number of amides is 1. The van der Waals surface area contributed by atoms with Crippen molar-refractivity contribution < 1.29 is 27.4 Å². The van der Waals surface area contributed by atoms with E-state index in [4.69, 9.17) is 21.1 Å². The lowest BCUT2D eigenvalue weighted by atomic mass is 10.1. The molecule has 0 aliphatic heterocycles. The van der Waals surface area contributed by atoms with Gasteiger partial charge in [-0.25, -0.2) is 0 Å². The Morgan fingerprint density at radius 1 is 1.14 bits per heavy atom. The van der Waals surface area contributed by atoms with Gasteiger partial charge in [-0.05, 0) is 51.4 Å². The number of benzene rings is 2. The van der Waals surface area contributed by atoms with Crippen LogP contribution in [-0.2, 0) is 6.18 Å². The van der Waals surface area contributed by atoms with Gasteiger partial charge in [0.05, 0.1) is 22.8 Å². The van der Waals surface area contributed by atoms with Gasteiger partial charge in [0, 0.05) is 18.3 Å². The number of alkyl halides is 3. The third kappa shape index (κ3) is 6.54. The number of carbonyl (C=O) groups is 1. The van der Waals surface area contributed by atoms with Crippen molar-refractivity contribution in [1.82, 2.24) is 4.90 Å². The standard InChI is InChI=1S/C20H22ClF3N2O3/c1-4-28-14-6-7-15(18(12-14)29-10-9-26(2)3)19(27)25-13-5-8-17(21)16(11-13)20(22,23)24/h5-8,11-12H,4,9-10H2,1-3H3,(H,25,27). The van der Waals surface area contributed by atoms with E-state index >= 15 is 0 Å². The molecule has 2 aromatic rings. The van der Waals surface area contributed by atoms with Crippen molar-refractivity contribution in [1.29, 1.82) is 0 Å². The van der Waals surface area contributed by atoms with Gasteiger partial charge in [-0.1, -0.05) is 11.6 Å². The third-order valence-corrected chi connectivity index (χ3v) is 4.16. The molecule has 0 fully saturated rings. The van der Waals surface area contributed by atoms with Crippen molar-refractivity contribution in [2.75, 3.05) is 39.2 Å². The number of halogens is 4. The fraction of sp³-hybridized carbons (Fsp3) is 0.350. The van der Waals surface area contributed by atoms with Crippen molar-refractivity contribution in [3.8, 4) is 11.5 Å². The highest BCUT2D eigenvalue weighted by molar-refractivity contribution is 6.31. The van der Waals surface area contributed by atoms with Crippen LogP contribution in [0.15, 0.2) is 36.4 Å². The zero-order valence-electron chi connectivity index (χ0n) is 16.3. The second kappa shape index (κ2) is 9.84. The first-order valence-electron chi connectivity index (χ1n) is 8.84. The number of nitrogens with one attached hydrogen (secondary N) is 1. The summed E-state index contributed by atoms with van der Waals surface area (Å²) in [4.78, 5) is 14.6. The summed E-state index contributed by atoms with van der Waals surface area (Å²) in [6, 6.07) is 7.87. The van der Waals surface area contributed by atoms with E-state index < -0.39 is 22.7 Å². The lowest BCUT2D eigenvalue weighted by Gasteiger charge is -2.16. The fourth-order valence-electron chi connectivity index (χ4n) is 2.42. The third-order valence-electron chi connectivity index (χ3n) is 3.83. The van der Waals surface area contributed by atoms with Crippen LogP contribution in [-0.4, -0.2) is 44.7 Å². The van der Waals surface area contributed by atoms with Crippen LogP contribution in [0.3, 0.4) is 0 Å². The smallest absolute Gasteiger partial charge is 0.417 e. The van der Waals surface area contributed by atoms with Gasteiger partial charge in [0.15, 0.2) is 0 Å². The number of hydrogen-bond acceptors (Lipinski definition) is 4. The Balaban J connectivity index is 2.27. The van der Waals surface area contributed by atoms with Crippen LogP contribution in [0.2, 0.25) is 5.02 Å². The molecule has 0 aliphatic rings. The van der Waals surface area contributed by atoms with Crippen LogP contribution in [0.4, 0.5) is 18.9 Å². The van der Waals surface area contributed by atoms with Gasteiger partial charge in [0.1, 0.15) is 18.1 Å². The summed E-state index contributed by atoms with van der Waals surface area (Å²) in [6.07, 6.45) is -4.63. The summed E-state index contributed by atoms with van der Waals surface area (Å²) in [5, 5.41) is 2.02. The van der Waals surface area contributed by atoms with E-state index in [-0.39, 0.29) is 17.0 Å². The Morgan fingerprint density at radius 3 is 2.48 bits per heavy atom. The normalized spacial score (nSPS) is 11.4. The van der Waals surface area contributed by atoms with E-state index in [0.717, 1.165) is 12.1 Å². The van der Waals surface area contributed by atoms with Gasteiger partial charge in [0.25, 0.3) is 5.91 Å². The molecule has 0 radical (unpaired) electrons. The molecule has 0 saturated carbocycles. The van der Waals surface area contributed by atoms with E-state index in [1.54, 1.807) is 12.1 Å². The summed E-state index contributed by atoms with van der Waals surface area (Å²) < 4.78 is 50.3. The van der Waals surface area contributed by atoms with E-state index in [2.05, 4.69) is 5.32 Å². The van der Waals surface area contributed by atoms with Gasteiger partial charge in [-0.3, -0.25) is 4.79 Å². The van der Waals surface area contributed by atoms with Gasteiger partial charge in [0.2, 0.25) is 0 Å². The SMILES string of the molecule is CCOc1ccc(C(=O)Nc2ccc(Cl)c(C(F)(F)F)c2)c(OCCN(C)C)c1. The lowest BCUT2D eigenvalue weighted by molar-refractivity contribution is -0.137. The van der Waals surface area contributed by atoms with Crippen LogP contribution in [0, 0.1) is 0 Å². The predicted octanol–water partition coefficient (Wildman–Crippen LogP) is 4.95. The number of rotatable bonds is 8. The second-order valence-electron chi connectivity index (χ2n) is 6.39. The van der Waals surface area contributed by atoms with Gasteiger partial charge in [-0.15, -0.1) is 0 Å². The highest BCUT2D eigenvalue weighted by atomic mass is 35.5. The van der Waals surface area contributed by atoms with Gasteiger partial charge in [-0.2, -0.15) is 13.2 Å². The molecule has 29 heavy (non-hydrogen) atoms. The average Bonchev–Trinajstić information content (AvgIpc) is 2.62. The molecular weight excluding hydrogens is 409 g/mol. The molecule has 2 aromatic carbocycles. The molecule has 0 heterocycles. The Kier molecular flexibility index (Phi) is 7.75. The monoisotopic (exact) mass is 430 g/mol. The maximum absolute atomic E-state index is 13.0. The number of anilines is 1. The first-order chi connectivity index (χ1) is 13.6. The lowest BCUT2D eigenvalue weighted by Crippen LogP contribution is -2.21. The zero-order chi connectivity index (χ0) is 21.6. The molecule has 158 valence electrons. The molecule has 0 atom stereocenters. The molecular formula is C20H22ClF3N2O3. The zero-order valence-corrected chi connectivity index (χ0v) is 17.0. The number of hydrogen-bond donors (Lipinski definition) is 1. The number of nitrogens with zero attached hydrogens (tertiary/aromatic N) is 1. The highest BCUT2D eigenvalue weighted by Gasteiger charge is 2.33. The minimum Gasteiger partial charge on any atom is -0.494 e. The van der Waals surface area contributed by atoms with Crippen molar-refractivity contribution >= 4 is 23.2 Å². The molecule has 1 amide bonds. The Morgan fingerprint density at radius 2 is 1.86 bits per heavy atom. The van der Waals surface area contributed by atoms with Crippen molar-refractivity contribution in [3.05, 3.63) is 52.5 Å². The fourth-order valence-corrected chi connectivity index (χ4v) is 2.65. The first-order valence-corrected chi connectivity index (χ1v) is 9.22. The minimum absolute atomic E-state index is 0.0279. The quantitative estimate of drug-likeness (QED) is 0.643. The topological polar surface area (TPSA) is 50.8 Å². The van der Waals surface area contributed by atoms with Crippen LogP contribution in [0.5, 0.6) is 11.5 Å². The van der Waals surface area contributed by atoms with Crippen LogP contribution < -0.4 is 14.8 Å². The highest BCUT2D eigenvalue weighted by Crippen LogP contribution is 2.36. The van der Waals surface area contributed by atoms with Crippen molar-refractivity contribution in [2.24, 2.45) is 0 Å². The number of likely N-dealkylation sites (N-methyl/N-ethyl adjacent to an activating group) is 1. The molecule has 0 spiro atoms. The molecule has 0 bridgehead atoms. The Bertz CT molecular complexity index is 857. The van der Waals surface area contributed by atoms with Crippen molar-refractivity contribution in [3.63, 3.8) is 0 Å². The molecule has 9 heteroatoms. The van der Waals surface area contributed by atoms with E-state index in [1.807, 2.05) is 25.9 Å². The molecule has 1 N–H and O–H groups in total. The number of carbonyl (C=O) groups excluding carboxylic acids is 1. The van der Waals surface area contributed by atoms with Gasteiger partial charge >= 0.3 is 6.18 Å². The molecule has 0 aromatic heterocycles. The Hall–Kier alpha value is -2.45. The summed E-state index contributed by atoms with van der Waals surface area (Å²) in [6.45, 7) is 3.20. The second-order valence-corrected chi connectivity index (χ2v) is 6.80. The summed E-state index contributed by atoms with van der Waals surface area (Å²) in [5.41, 5.74) is -0.873.